The van der Waals surface area contributed by atoms with E-state index in [1.807, 2.05) is 41.5 Å². The molecule has 3 aromatic rings. The van der Waals surface area contributed by atoms with Crippen LogP contribution in [0.3, 0.4) is 0 Å². The SMILES string of the molecule is CC.CC.CC.CCC#Cc1ccc(C(C)C)cc1.CCc1ccc(C#CC(C)C)cc1.CCc1ccc(C(C)C)cc1. The molecule has 0 atom stereocenters. The number of benzene rings is 3. The quantitative estimate of drug-likeness (QED) is 0.268. The zero-order valence-corrected chi connectivity index (χ0v) is 30.8. The molecule has 0 amide bonds. The summed E-state index contributed by atoms with van der Waals surface area (Å²) in [5.74, 6) is 14.2. The van der Waals surface area contributed by atoms with Crippen LogP contribution in [0.15, 0.2) is 72.8 Å². The van der Waals surface area contributed by atoms with Gasteiger partial charge >= 0.3 is 0 Å². The van der Waals surface area contributed by atoms with Crippen molar-refractivity contribution in [1.29, 1.82) is 0 Å². The van der Waals surface area contributed by atoms with Crippen molar-refractivity contribution in [3.63, 3.8) is 0 Å². The molecule has 0 heteroatoms. The summed E-state index contributed by atoms with van der Waals surface area (Å²) in [6.07, 6.45) is 3.15. The van der Waals surface area contributed by atoms with Crippen molar-refractivity contribution >= 4 is 0 Å². The van der Waals surface area contributed by atoms with Gasteiger partial charge in [-0.3, -0.25) is 0 Å². The van der Waals surface area contributed by atoms with Crippen molar-refractivity contribution in [3.8, 4) is 23.7 Å². The highest BCUT2D eigenvalue weighted by Crippen LogP contribution is 2.15. The number of rotatable bonds is 4. The van der Waals surface area contributed by atoms with Gasteiger partial charge in [0.15, 0.2) is 0 Å². The van der Waals surface area contributed by atoms with E-state index in [-0.39, 0.29) is 0 Å². The van der Waals surface area contributed by atoms with E-state index in [2.05, 4.69) is 159 Å². The molecule has 0 aliphatic rings. The molecule has 0 unspecified atom stereocenters. The molecule has 0 aliphatic heterocycles. The Labute approximate surface area is 270 Å². The van der Waals surface area contributed by atoms with E-state index < -0.39 is 0 Å². The van der Waals surface area contributed by atoms with Gasteiger partial charge in [-0.2, -0.15) is 0 Å². The average Bonchev–Trinajstić information content (AvgIpc) is 3.06. The zero-order chi connectivity index (χ0) is 33.6. The first-order valence-corrected chi connectivity index (χ1v) is 17.0. The van der Waals surface area contributed by atoms with Gasteiger partial charge in [0.05, 0.1) is 0 Å². The molecule has 0 aromatic heterocycles. The van der Waals surface area contributed by atoms with Crippen LogP contribution in [0.1, 0.15) is 155 Å². The summed E-state index contributed by atoms with van der Waals surface area (Å²) in [5.41, 5.74) is 7.84. The highest BCUT2D eigenvalue weighted by molar-refractivity contribution is 5.37. The van der Waals surface area contributed by atoms with E-state index in [4.69, 9.17) is 0 Å². The molecule has 43 heavy (non-hydrogen) atoms. The topological polar surface area (TPSA) is 0 Å². The van der Waals surface area contributed by atoms with Crippen LogP contribution in [0.2, 0.25) is 0 Å². The van der Waals surface area contributed by atoms with Gasteiger partial charge in [-0.15, -0.1) is 0 Å². The Kier molecular flexibility index (Phi) is 31.1. The van der Waals surface area contributed by atoms with Crippen molar-refractivity contribution in [2.75, 3.05) is 0 Å². The second kappa shape index (κ2) is 30.2. The second-order valence-corrected chi connectivity index (χ2v) is 10.2. The first kappa shape index (κ1) is 44.2. The van der Waals surface area contributed by atoms with Gasteiger partial charge in [-0.05, 0) is 71.2 Å². The first-order valence-electron chi connectivity index (χ1n) is 17.0. The molecule has 3 rings (SSSR count). The van der Waals surface area contributed by atoms with Crippen LogP contribution >= 0.6 is 0 Å². The van der Waals surface area contributed by atoms with Crippen LogP contribution in [0, 0.1) is 29.6 Å². The summed E-state index contributed by atoms with van der Waals surface area (Å²) in [4.78, 5) is 0. The fourth-order valence-corrected chi connectivity index (χ4v) is 3.33. The summed E-state index contributed by atoms with van der Waals surface area (Å²) >= 11 is 0. The van der Waals surface area contributed by atoms with E-state index in [1.165, 1.54) is 22.3 Å². The van der Waals surface area contributed by atoms with Crippen molar-refractivity contribution in [2.45, 2.75) is 135 Å². The smallest absolute Gasteiger partial charge is 0.0245 e. The minimum Gasteiger partial charge on any atom is -0.0982 e. The predicted molar refractivity (Wildman–Crippen MR) is 199 cm³/mol. The molecule has 0 bridgehead atoms. The van der Waals surface area contributed by atoms with Crippen molar-refractivity contribution in [1.82, 2.24) is 0 Å². The Morgan fingerprint density at radius 2 is 0.791 bits per heavy atom. The van der Waals surface area contributed by atoms with Gasteiger partial charge < -0.3 is 0 Å². The summed E-state index contributed by atoms with van der Waals surface area (Å²) in [6, 6.07) is 25.9. The normalized spacial score (nSPS) is 8.88. The number of hydrogen-bond acceptors (Lipinski definition) is 0. The highest BCUT2D eigenvalue weighted by atomic mass is 14.0. The summed E-state index contributed by atoms with van der Waals surface area (Å²) in [7, 11) is 0. The number of aryl methyl sites for hydroxylation is 2. The van der Waals surface area contributed by atoms with Gasteiger partial charge in [0.25, 0.3) is 0 Å². The van der Waals surface area contributed by atoms with Crippen LogP contribution in [0.25, 0.3) is 0 Å². The largest absolute Gasteiger partial charge is 0.0982 e. The third-order valence-corrected chi connectivity index (χ3v) is 5.91. The highest BCUT2D eigenvalue weighted by Gasteiger charge is 1.97. The lowest BCUT2D eigenvalue weighted by molar-refractivity contribution is 0.865. The van der Waals surface area contributed by atoms with Crippen LogP contribution in [0.4, 0.5) is 0 Å². The average molecular weight is 583 g/mol. The summed E-state index contributed by atoms with van der Waals surface area (Å²) in [6.45, 7) is 31.5. The van der Waals surface area contributed by atoms with Crippen molar-refractivity contribution < 1.29 is 0 Å². The van der Waals surface area contributed by atoms with Crippen molar-refractivity contribution in [2.24, 2.45) is 5.92 Å². The molecule has 0 saturated heterocycles. The Morgan fingerprint density at radius 1 is 0.465 bits per heavy atom. The van der Waals surface area contributed by atoms with Crippen LogP contribution in [-0.4, -0.2) is 0 Å². The number of hydrogen-bond donors (Lipinski definition) is 0. The van der Waals surface area contributed by atoms with Gasteiger partial charge in [0, 0.05) is 23.5 Å². The monoisotopic (exact) mass is 583 g/mol. The minimum atomic E-state index is 0.450. The Bertz CT molecular complexity index is 1120. The molecule has 0 spiro atoms. The maximum atomic E-state index is 3.15. The summed E-state index contributed by atoms with van der Waals surface area (Å²) in [5, 5.41) is 0. The summed E-state index contributed by atoms with van der Waals surface area (Å²) < 4.78 is 0. The maximum Gasteiger partial charge on any atom is 0.0245 e. The molecule has 3 aromatic carbocycles. The van der Waals surface area contributed by atoms with Crippen molar-refractivity contribution in [3.05, 3.63) is 106 Å². The molecule has 238 valence electrons. The standard InChI is InChI=1S/2C13H16.C11H16.3C2H6/c1-4-12-7-9-13(10-8-12)6-5-11(2)3;1-4-5-6-12-7-9-13(10-8-12)11(2)3;1-4-10-5-7-11(8-6-10)9(2)3;3*1-2/h2*7-11H,4H2,1-3H3;5-9H,4H2,1-3H3;3*1-2H3. The van der Waals surface area contributed by atoms with Gasteiger partial charge in [0.2, 0.25) is 0 Å². The maximum absolute atomic E-state index is 3.15. The van der Waals surface area contributed by atoms with Crippen LogP contribution < -0.4 is 0 Å². The van der Waals surface area contributed by atoms with Crippen LogP contribution in [-0.2, 0) is 12.8 Å². The van der Waals surface area contributed by atoms with E-state index in [9.17, 15) is 0 Å². The van der Waals surface area contributed by atoms with Crippen LogP contribution in [0.5, 0.6) is 0 Å². The lowest BCUT2D eigenvalue weighted by Crippen LogP contribution is -1.87. The Hall–Kier alpha value is -3.22. The molecule has 0 N–H and O–H groups in total. The fourth-order valence-electron chi connectivity index (χ4n) is 3.33. The first-order chi connectivity index (χ1) is 20.7. The fraction of sp³-hybridized carbons (Fsp3) is 0.488. The van der Waals surface area contributed by atoms with Gasteiger partial charge in [-0.25, -0.2) is 0 Å². The molecule has 0 aliphatic carbocycles. The molecule has 0 fully saturated rings. The van der Waals surface area contributed by atoms with Gasteiger partial charge in [-0.1, -0.05) is 176 Å². The Morgan fingerprint density at radius 3 is 1.12 bits per heavy atom. The third kappa shape index (κ3) is 23.0. The third-order valence-electron chi connectivity index (χ3n) is 5.91. The van der Waals surface area contributed by atoms with Gasteiger partial charge in [0.1, 0.15) is 0 Å². The van der Waals surface area contributed by atoms with E-state index in [1.54, 1.807) is 0 Å². The lowest BCUT2D eigenvalue weighted by atomic mass is 10.0. The zero-order valence-electron chi connectivity index (χ0n) is 30.8. The lowest BCUT2D eigenvalue weighted by Gasteiger charge is -2.04. The molecular weight excluding hydrogens is 516 g/mol. The molecule has 0 saturated carbocycles. The predicted octanol–water partition coefficient (Wildman–Crippen LogP) is 13.3. The minimum absolute atomic E-state index is 0.450. The molecular formula is C43H66. The molecule has 0 heterocycles. The second-order valence-electron chi connectivity index (χ2n) is 10.2. The molecule has 0 radical (unpaired) electrons. The molecule has 0 nitrogen and oxygen atoms in total. The van der Waals surface area contributed by atoms with E-state index in [0.29, 0.717) is 17.8 Å². The van der Waals surface area contributed by atoms with E-state index in [0.717, 1.165) is 30.4 Å². The van der Waals surface area contributed by atoms with E-state index >= 15 is 0 Å². The Balaban J connectivity index is -0.000000513.